The number of aromatic amines is 1. The first-order chi connectivity index (χ1) is 12.7. The lowest BCUT2D eigenvalue weighted by molar-refractivity contribution is -0.967. The Balaban J connectivity index is -0.000000729. The van der Waals surface area contributed by atoms with Crippen LogP contribution in [0.1, 0.15) is 25.0 Å². The van der Waals surface area contributed by atoms with E-state index in [1.807, 2.05) is 12.3 Å². The molecule has 8 N–H and O–H groups in total. The van der Waals surface area contributed by atoms with E-state index in [1.165, 1.54) is 43.2 Å². The highest BCUT2D eigenvalue weighted by Crippen LogP contribution is 1.84. The second-order valence-corrected chi connectivity index (χ2v) is 7.40. The number of nitrogens with one attached hydrogen (secondary N) is 3. The van der Waals surface area contributed by atoms with Gasteiger partial charge in [0, 0.05) is 25.0 Å². The fourth-order valence-electron chi connectivity index (χ4n) is 3.64. The first-order valence-corrected chi connectivity index (χ1v) is 10.2. The number of carboxylic acids is 1. The Labute approximate surface area is 217 Å². The van der Waals surface area contributed by atoms with Gasteiger partial charge in [-0.1, -0.05) is 0 Å². The molecule has 0 spiro atoms. The molecule has 1 aliphatic heterocycles. The SMILES string of the molecule is O=C(O)CC[NH+]1CCC[NH2+]CC[NH2+]CCC[NH+](Cc2cccc[nH+]2)CC1.[Cl-].[Cl-].[Cl-].[Cl-].[Cl-]. The Morgan fingerprint density at radius 3 is 2.00 bits per heavy atom. The van der Waals surface area contributed by atoms with E-state index < -0.39 is 5.97 Å². The number of pyridine rings is 1. The van der Waals surface area contributed by atoms with Gasteiger partial charge >= 0.3 is 5.97 Å². The molecule has 2 unspecified atom stereocenters. The summed E-state index contributed by atoms with van der Waals surface area (Å²) in [6, 6.07) is 6.27. The lowest BCUT2D eigenvalue weighted by atomic mass is 10.2. The van der Waals surface area contributed by atoms with Crippen LogP contribution in [-0.2, 0) is 11.3 Å². The average Bonchev–Trinajstić information content (AvgIpc) is 2.64. The lowest BCUT2D eigenvalue weighted by Crippen LogP contribution is -3.20. The van der Waals surface area contributed by atoms with Crippen LogP contribution < -0.4 is 87.5 Å². The zero-order chi connectivity index (χ0) is 18.5. The largest absolute Gasteiger partial charge is 1.00 e. The summed E-state index contributed by atoms with van der Waals surface area (Å²) in [5.41, 5.74) is 1.27. The van der Waals surface area contributed by atoms with E-state index in [0.717, 1.165) is 45.7 Å². The van der Waals surface area contributed by atoms with Crippen LogP contribution in [0.5, 0.6) is 0 Å². The molecule has 1 aliphatic rings. The van der Waals surface area contributed by atoms with Gasteiger partial charge in [0.15, 0.2) is 12.7 Å². The van der Waals surface area contributed by atoms with E-state index >= 15 is 0 Å². The number of hydrogen-bond donors (Lipinski definition) is 5. The molecule has 0 amide bonds. The normalized spacial score (nSPS) is 20.0. The molecule has 0 radical (unpaired) electrons. The van der Waals surface area contributed by atoms with E-state index in [-0.39, 0.29) is 68.5 Å². The Bertz CT molecular complexity index is 520. The minimum atomic E-state index is -0.679. The zero-order valence-corrected chi connectivity index (χ0v) is 21.7. The summed E-state index contributed by atoms with van der Waals surface area (Å²) in [6.07, 6.45) is 4.66. The van der Waals surface area contributed by atoms with Crippen molar-refractivity contribution in [3.8, 4) is 0 Å². The Kier molecular flexibility index (Phi) is 30.2. The summed E-state index contributed by atoms with van der Waals surface area (Å²) >= 11 is 0. The maximum atomic E-state index is 11.0. The van der Waals surface area contributed by atoms with Gasteiger partial charge in [-0.05, 0) is 6.07 Å². The molecule has 1 aromatic heterocycles. The number of rotatable bonds is 5. The molecule has 1 aromatic rings. The van der Waals surface area contributed by atoms with Gasteiger partial charge in [0.1, 0.15) is 26.2 Å². The Hall–Kier alpha value is -0.0900. The van der Waals surface area contributed by atoms with Gasteiger partial charge < -0.3 is 87.6 Å². The minimum absolute atomic E-state index is 0. The third-order valence-corrected chi connectivity index (χ3v) is 5.19. The van der Waals surface area contributed by atoms with Crippen molar-refractivity contribution in [3.05, 3.63) is 30.1 Å². The van der Waals surface area contributed by atoms with Crippen LogP contribution in [0.3, 0.4) is 0 Å². The van der Waals surface area contributed by atoms with Crippen LogP contribution in [0.15, 0.2) is 24.4 Å². The van der Waals surface area contributed by atoms with E-state index in [1.54, 1.807) is 4.90 Å². The first kappa shape index (κ1) is 38.2. The van der Waals surface area contributed by atoms with Crippen molar-refractivity contribution < 1.29 is 97.4 Å². The van der Waals surface area contributed by atoms with Crippen molar-refractivity contribution in [1.82, 2.24) is 0 Å². The van der Waals surface area contributed by atoms with E-state index in [0.29, 0.717) is 0 Å². The van der Waals surface area contributed by atoms with Crippen LogP contribution in [0.4, 0.5) is 0 Å². The Morgan fingerprint density at radius 1 is 0.871 bits per heavy atom. The number of quaternary nitrogens is 4. The van der Waals surface area contributed by atoms with Gasteiger partial charge in [-0.2, -0.15) is 0 Å². The molecule has 7 nitrogen and oxygen atoms in total. The van der Waals surface area contributed by atoms with E-state index in [2.05, 4.69) is 27.8 Å². The van der Waals surface area contributed by atoms with Crippen molar-refractivity contribution in [2.45, 2.75) is 25.8 Å². The number of aromatic nitrogens is 1. The monoisotopic (exact) mass is 543 g/mol. The molecular weight excluding hydrogens is 508 g/mol. The van der Waals surface area contributed by atoms with Gasteiger partial charge in [0.2, 0.25) is 5.69 Å². The molecule has 186 valence electrons. The molecule has 0 aliphatic carbocycles. The number of aliphatic carboxylic acids is 1. The summed E-state index contributed by atoms with van der Waals surface area (Å²) in [5, 5.41) is 13.9. The predicted octanol–water partition coefficient (Wildman–Crippen LogP) is -19.8. The van der Waals surface area contributed by atoms with Crippen molar-refractivity contribution in [3.63, 3.8) is 0 Å². The fourth-order valence-corrected chi connectivity index (χ4v) is 3.64. The lowest BCUT2D eigenvalue weighted by Gasteiger charge is -2.23. The maximum Gasteiger partial charge on any atom is 0.309 e. The van der Waals surface area contributed by atoms with Gasteiger partial charge in [-0.25, -0.2) is 4.98 Å². The number of hydrogen-bond acceptors (Lipinski definition) is 1. The number of H-pyrrole nitrogens is 1. The standard InChI is InChI=1S/C19H33N5O2.5ClH/c25-19(26)6-14-23-12-3-7-20-10-11-21-8-4-13-24(16-15-23)17-18-5-1-2-9-22-18;;;;;/h1-2,5,9,20-21H,3-4,6-8,10-17H2,(H,25,26);5*1H. The van der Waals surface area contributed by atoms with Crippen molar-refractivity contribution in [1.29, 1.82) is 0 Å². The van der Waals surface area contributed by atoms with E-state index in [9.17, 15) is 4.79 Å². The van der Waals surface area contributed by atoms with Crippen LogP contribution in [0.2, 0.25) is 0 Å². The molecule has 1 saturated heterocycles. The van der Waals surface area contributed by atoms with Crippen molar-refractivity contribution in [2.24, 2.45) is 0 Å². The summed E-state index contributed by atoms with van der Waals surface area (Å²) in [6.45, 7) is 10.9. The Morgan fingerprint density at radius 2 is 1.45 bits per heavy atom. The molecule has 0 aromatic carbocycles. The van der Waals surface area contributed by atoms with Crippen molar-refractivity contribution in [2.75, 3.05) is 58.9 Å². The molecule has 12 heteroatoms. The number of halogens is 5. The topological polar surface area (TPSA) is 93.5 Å². The summed E-state index contributed by atoms with van der Waals surface area (Å²) in [7, 11) is 0. The molecule has 2 heterocycles. The second-order valence-electron chi connectivity index (χ2n) is 7.40. The predicted molar refractivity (Wildman–Crippen MR) is 97.8 cm³/mol. The second kappa shape index (κ2) is 24.6. The minimum Gasteiger partial charge on any atom is -1.00 e. The number of nitrogens with two attached hydrogens (primary N) is 2. The van der Waals surface area contributed by atoms with Crippen molar-refractivity contribution >= 4 is 5.97 Å². The molecule has 0 bridgehead atoms. The van der Waals surface area contributed by atoms with Gasteiger partial charge in [0.05, 0.1) is 39.1 Å². The highest BCUT2D eigenvalue weighted by atomic mass is 35.5. The summed E-state index contributed by atoms with van der Waals surface area (Å²) in [5.74, 6) is -0.679. The number of carboxylic acid groups (broad SMARTS) is 1. The summed E-state index contributed by atoms with van der Waals surface area (Å²) < 4.78 is 0. The molecule has 2 atom stereocenters. The quantitative estimate of drug-likeness (QED) is 0.254. The zero-order valence-electron chi connectivity index (χ0n) is 17.9. The molecule has 1 fully saturated rings. The average molecular weight is 546 g/mol. The molecule has 0 saturated carbocycles. The van der Waals surface area contributed by atoms with Crippen LogP contribution in [0.25, 0.3) is 0 Å². The first-order valence-electron chi connectivity index (χ1n) is 10.2. The van der Waals surface area contributed by atoms with Gasteiger partial charge in [-0.3, -0.25) is 4.79 Å². The fraction of sp³-hybridized carbons (Fsp3) is 0.684. The summed E-state index contributed by atoms with van der Waals surface area (Å²) in [4.78, 5) is 17.4. The van der Waals surface area contributed by atoms with E-state index in [4.69, 9.17) is 5.11 Å². The third kappa shape index (κ3) is 19.1. The molecule has 2 rings (SSSR count). The van der Waals surface area contributed by atoms with Gasteiger partial charge in [-0.15, -0.1) is 0 Å². The highest BCUT2D eigenvalue weighted by Gasteiger charge is 2.18. The highest BCUT2D eigenvalue weighted by molar-refractivity contribution is 5.66. The number of carbonyl (C=O) groups is 1. The smallest absolute Gasteiger partial charge is 0.309 e. The third-order valence-electron chi connectivity index (χ3n) is 5.19. The van der Waals surface area contributed by atoms with Crippen LogP contribution >= 0.6 is 0 Å². The van der Waals surface area contributed by atoms with Crippen LogP contribution in [-0.4, -0.2) is 70.0 Å². The van der Waals surface area contributed by atoms with Crippen LogP contribution in [0, 0.1) is 0 Å². The molecule has 31 heavy (non-hydrogen) atoms. The maximum absolute atomic E-state index is 11.0. The van der Waals surface area contributed by atoms with Gasteiger partial charge in [0.25, 0.3) is 0 Å². The molecular formula is C19H38Cl5N5O2.